The second kappa shape index (κ2) is 16.2. The van der Waals surface area contributed by atoms with Gasteiger partial charge in [-0.05, 0) is 12.8 Å². The van der Waals surface area contributed by atoms with Gasteiger partial charge in [-0.2, -0.15) is 0 Å². The molecule has 0 saturated carbocycles. The summed E-state index contributed by atoms with van der Waals surface area (Å²) in [4.78, 5) is 10.1. The van der Waals surface area contributed by atoms with Crippen LogP contribution < -0.4 is 0 Å². The zero-order valence-corrected chi connectivity index (χ0v) is 12.2. The molecule has 0 spiro atoms. The van der Waals surface area contributed by atoms with Gasteiger partial charge in [0.1, 0.15) is 6.29 Å². The lowest BCUT2D eigenvalue weighted by atomic mass is 10.1. The third-order valence-corrected chi connectivity index (χ3v) is 3.15. The van der Waals surface area contributed by atoms with Gasteiger partial charge in [0.15, 0.2) is 0 Å². The standard InChI is InChI=1S/C17H30O/c1-2-3-4-5-6-7-8-9-10-11-12-13-14-15-16-17-18/h17H,2-11,14-16H2,1H3. The highest BCUT2D eigenvalue weighted by Crippen LogP contribution is 2.10. The van der Waals surface area contributed by atoms with Crippen LogP contribution in [0.2, 0.25) is 0 Å². The van der Waals surface area contributed by atoms with Crippen molar-refractivity contribution in [2.75, 3.05) is 0 Å². The molecule has 0 aliphatic rings. The summed E-state index contributed by atoms with van der Waals surface area (Å²) in [5, 5.41) is 0. The lowest BCUT2D eigenvalue weighted by Crippen LogP contribution is -1.81. The van der Waals surface area contributed by atoms with Crippen molar-refractivity contribution < 1.29 is 4.79 Å². The summed E-state index contributed by atoms with van der Waals surface area (Å²) < 4.78 is 0. The van der Waals surface area contributed by atoms with Gasteiger partial charge < -0.3 is 4.79 Å². The normalized spacial score (nSPS) is 9.83. The lowest BCUT2D eigenvalue weighted by Gasteiger charge is -2.00. The number of hydrogen-bond donors (Lipinski definition) is 0. The molecular weight excluding hydrogens is 220 g/mol. The number of aldehydes is 1. The Kier molecular flexibility index (Phi) is 15.5. The molecule has 0 aliphatic carbocycles. The smallest absolute Gasteiger partial charge is 0.120 e. The number of unbranched alkanes of at least 4 members (excludes halogenated alkanes) is 11. The van der Waals surface area contributed by atoms with Crippen LogP contribution >= 0.6 is 0 Å². The Morgan fingerprint density at radius 1 is 0.722 bits per heavy atom. The van der Waals surface area contributed by atoms with Crippen LogP contribution in [-0.4, -0.2) is 6.29 Å². The molecule has 0 amide bonds. The van der Waals surface area contributed by atoms with Crippen molar-refractivity contribution in [1.82, 2.24) is 0 Å². The molecule has 0 aromatic heterocycles. The summed E-state index contributed by atoms with van der Waals surface area (Å²) in [6, 6.07) is 0. The Labute approximate surface area is 114 Å². The molecule has 0 aliphatic heterocycles. The van der Waals surface area contributed by atoms with E-state index in [0.717, 1.165) is 25.5 Å². The highest BCUT2D eigenvalue weighted by Gasteiger charge is 1.91. The average Bonchev–Trinajstić information content (AvgIpc) is 2.39. The second-order valence-corrected chi connectivity index (χ2v) is 4.99. The summed E-state index contributed by atoms with van der Waals surface area (Å²) in [6.45, 7) is 2.26. The van der Waals surface area contributed by atoms with Crippen molar-refractivity contribution >= 4 is 6.29 Å². The first-order chi connectivity index (χ1) is 8.91. The molecular formula is C17H30O. The summed E-state index contributed by atoms with van der Waals surface area (Å²) in [6.07, 6.45) is 16.8. The second-order valence-electron chi connectivity index (χ2n) is 4.99. The molecule has 0 N–H and O–H groups in total. The predicted molar refractivity (Wildman–Crippen MR) is 79.5 cm³/mol. The minimum absolute atomic E-state index is 0.659. The topological polar surface area (TPSA) is 17.1 Å². The van der Waals surface area contributed by atoms with Crippen molar-refractivity contribution in [2.24, 2.45) is 0 Å². The lowest BCUT2D eigenvalue weighted by molar-refractivity contribution is -0.107. The molecule has 1 heteroatoms. The third-order valence-electron chi connectivity index (χ3n) is 3.15. The molecule has 1 nitrogen and oxygen atoms in total. The van der Waals surface area contributed by atoms with Crippen LogP contribution in [0.3, 0.4) is 0 Å². The summed E-state index contributed by atoms with van der Waals surface area (Å²) in [5.74, 6) is 6.33. The predicted octanol–water partition coefficient (Wildman–Crippen LogP) is 5.28. The molecule has 104 valence electrons. The highest BCUT2D eigenvalue weighted by atomic mass is 16.1. The van der Waals surface area contributed by atoms with E-state index in [-0.39, 0.29) is 0 Å². The van der Waals surface area contributed by atoms with Gasteiger partial charge in [-0.15, -0.1) is 11.8 Å². The highest BCUT2D eigenvalue weighted by molar-refractivity contribution is 5.49. The van der Waals surface area contributed by atoms with Gasteiger partial charge in [0.2, 0.25) is 0 Å². The van der Waals surface area contributed by atoms with Crippen LogP contribution in [-0.2, 0) is 4.79 Å². The van der Waals surface area contributed by atoms with Crippen molar-refractivity contribution in [1.29, 1.82) is 0 Å². The maximum Gasteiger partial charge on any atom is 0.120 e. The van der Waals surface area contributed by atoms with E-state index in [4.69, 9.17) is 0 Å². The zero-order valence-electron chi connectivity index (χ0n) is 12.2. The fourth-order valence-corrected chi connectivity index (χ4v) is 1.97. The van der Waals surface area contributed by atoms with Crippen LogP contribution in [0.4, 0.5) is 0 Å². The number of carbonyl (C=O) groups excluding carboxylic acids is 1. The van der Waals surface area contributed by atoms with Crippen LogP contribution in [0.15, 0.2) is 0 Å². The Balaban J connectivity index is 3.04. The summed E-state index contributed by atoms with van der Waals surface area (Å²) >= 11 is 0. The van der Waals surface area contributed by atoms with Gasteiger partial charge in [0.25, 0.3) is 0 Å². The van der Waals surface area contributed by atoms with E-state index in [1.165, 1.54) is 57.8 Å². The number of carbonyl (C=O) groups is 1. The zero-order chi connectivity index (χ0) is 13.3. The van der Waals surface area contributed by atoms with Crippen LogP contribution in [0, 0.1) is 11.8 Å². The molecule has 0 aromatic carbocycles. The van der Waals surface area contributed by atoms with Gasteiger partial charge >= 0.3 is 0 Å². The van der Waals surface area contributed by atoms with E-state index >= 15 is 0 Å². The van der Waals surface area contributed by atoms with E-state index in [1.54, 1.807) is 0 Å². The van der Waals surface area contributed by atoms with Crippen molar-refractivity contribution in [2.45, 2.75) is 90.4 Å². The van der Waals surface area contributed by atoms with Crippen molar-refractivity contribution in [3.8, 4) is 11.8 Å². The fourth-order valence-electron chi connectivity index (χ4n) is 1.97. The first-order valence-electron chi connectivity index (χ1n) is 7.81. The Bertz CT molecular complexity index is 221. The number of hydrogen-bond acceptors (Lipinski definition) is 1. The fraction of sp³-hybridized carbons (Fsp3) is 0.824. The van der Waals surface area contributed by atoms with Crippen LogP contribution in [0.1, 0.15) is 90.4 Å². The SMILES string of the molecule is CCCCCCCCCCCC#CCCCC=O. The molecule has 0 radical (unpaired) electrons. The first kappa shape index (κ1) is 17.2. The molecule has 0 bridgehead atoms. The van der Waals surface area contributed by atoms with Crippen LogP contribution in [0.5, 0.6) is 0 Å². The Morgan fingerprint density at radius 3 is 1.78 bits per heavy atom. The maximum atomic E-state index is 10.1. The van der Waals surface area contributed by atoms with Crippen molar-refractivity contribution in [3.05, 3.63) is 0 Å². The largest absolute Gasteiger partial charge is 0.303 e. The molecule has 0 saturated heterocycles. The molecule has 0 rings (SSSR count). The van der Waals surface area contributed by atoms with Gasteiger partial charge in [-0.3, -0.25) is 0 Å². The molecule has 0 fully saturated rings. The molecule has 0 heterocycles. The van der Waals surface area contributed by atoms with Crippen LogP contribution in [0.25, 0.3) is 0 Å². The monoisotopic (exact) mass is 250 g/mol. The van der Waals surface area contributed by atoms with Crippen molar-refractivity contribution in [3.63, 3.8) is 0 Å². The third kappa shape index (κ3) is 15.2. The maximum absolute atomic E-state index is 10.1. The van der Waals surface area contributed by atoms with Gasteiger partial charge in [0.05, 0.1) is 0 Å². The quantitative estimate of drug-likeness (QED) is 0.262. The number of rotatable bonds is 12. The minimum Gasteiger partial charge on any atom is -0.303 e. The van der Waals surface area contributed by atoms with Gasteiger partial charge in [-0.1, -0.05) is 58.3 Å². The molecule has 0 unspecified atom stereocenters. The van der Waals surface area contributed by atoms with Gasteiger partial charge in [0, 0.05) is 19.3 Å². The van der Waals surface area contributed by atoms with E-state index in [0.29, 0.717) is 6.42 Å². The molecule has 0 atom stereocenters. The summed E-state index contributed by atoms with van der Waals surface area (Å²) in [7, 11) is 0. The molecule has 0 aromatic rings. The van der Waals surface area contributed by atoms with E-state index in [2.05, 4.69) is 18.8 Å². The Morgan fingerprint density at radius 2 is 1.22 bits per heavy atom. The van der Waals surface area contributed by atoms with E-state index in [1.807, 2.05) is 0 Å². The molecule has 18 heavy (non-hydrogen) atoms. The van der Waals surface area contributed by atoms with E-state index < -0.39 is 0 Å². The van der Waals surface area contributed by atoms with E-state index in [9.17, 15) is 4.79 Å². The Hall–Kier alpha value is -0.770. The minimum atomic E-state index is 0.659. The summed E-state index contributed by atoms with van der Waals surface area (Å²) in [5.41, 5.74) is 0. The van der Waals surface area contributed by atoms with Gasteiger partial charge in [-0.25, -0.2) is 0 Å². The first-order valence-corrected chi connectivity index (χ1v) is 7.81. The average molecular weight is 250 g/mol.